The molecule has 0 spiro atoms. The van der Waals surface area contributed by atoms with Crippen LogP contribution in [0.4, 0.5) is 0 Å². The Labute approximate surface area is 85.0 Å². The van der Waals surface area contributed by atoms with Crippen LogP contribution in [0.5, 0.6) is 0 Å². The van der Waals surface area contributed by atoms with E-state index in [9.17, 15) is 4.79 Å². The van der Waals surface area contributed by atoms with Gasteiger partial charge in [-0.2, -0.15) is 5.10 Å². The molecule has 0 bridgehead atoms. The van der Waals surface area contributed by atoms with Crippen LogP contribution in [0.15, 0.2) is 10.5 Å². The zero-order valence-electron chi connectivity index (χ0n) is 8.24. The van der Waals surface area contributed by atoms with Gasteiger partial charge >= 0.3 is 5.97 Å². The monoisotopic (exact) mass is 207 g/mol. The van der Waals surface area contributed by atoms with E-state index in [1.165, 1.54) is 6.07 Å². The zero-order valence-corrected chi connectivity index (χ0v) is 8.24. The molecule has 2 rings (SSSR count). The van der Waals surface area contributed by atoms with E-state index in [0.29, 0.717) is 17.3 Å². The van der Waals surface area contributed by atoms with Crippen molar-refractivity contribution in [3.63, 3.8) is 0 Å². The predicted molar refractivity (Wildman–Crippen MR) is 50.5 cm³/mol. The molecule has 6 nitrogen and oxygen atoms in total. The van der Waals surface area contributed by atoms with E-state index in [1.807, 2.05) is 6.92 Å². The van der Waals surface area contributed by atoms with Gasteiger partial charge in [-0.05, 0) is 13.8 Å². The van der Waals surface area contributed by atoms with Gasteiger partial charge in [-0.3, -0.25) is 5.10 Å². The SMILES string of the molecule is Cc1nc(-c2cc(C(=O)O)n[nH]2)oc1C. The summed E-state index contributed by atoms with van der Waals surface area (Å²) in [6.07, 6.45) is 0. The Balaban J connectivity index is 2.41. The second kappa shape index (κ2) is 3.23. The summed E-state index contributed by atoms with van der Waals surface area (Å²) >= 11 is 0. The first kappa shape index (κ1) is 9.45. The number of carboxylic acid groups (broad SMARTS) is 1. The molecule has 0 radical (unpaired) electrons. The Morgan fingerprint density at radius 1 is 1.53 bits per heavy atom. The van der Waals surface area contributed by atoms with Crippen molar-refractivity contribution in [3.05, 3.63) is 23.2 Å². The van der Waals surface area contributed by atoms with Crippen LogP contribution in [-0.4, -0.2) is 26.3 Å². The molecular weight excluding hydrogens is 198 g/mol. The second-order valence-corrected chi connectivity index (χ2v) is 3.13. The number of H-pyrrole nitrogens is 1. The Bertz CT molecular complexity index is 493. The molecule has 0 aliphatic carbocycles. The maximum atomic E-state index is 10.6. The number of aromatic nitrogens is 3. The molecule has 0 fully saturated rings. The van der Waals surface area contributed by atoms with E-state index in [-0.39, 0.29) is 5.69 Å². The number of oxazole rings is 1. The third kappa shape index (κ3) is 1.61. The summed E-state index contributed by atoms with van der Waals surface area (Å²) in [6, 6.07) is 1.38. The average Bonchev–Trinajstić information content (AvgIpc) is 2.74. The minimum Gasteiger partial charge on any atom is -0.476 e. The Hall–Kier alpha value is -2.11. The number of aryl methyl sites for hydroxylation is 2. The van der Waals surface area contributed by atoms with Crippen LogP contribution in [0.25, 0.3) is 11.6 Å². The Morgan fingerprint density at radius 3 is 2.73 bits per heavy atom. The summed E-state index contributed by atoms with van der Waals surface area (Å²) in [6.45, 7) is 3.61. The highest BCUT2D eigenvalue weighted by Crippen LogP contribution is 2.19. The molecule has 6 heteroatoms. The topological polar surface area (TPSA) is 92.0 Å². The highest BCUT2D eigenvalue weighted by molar-refractivity contribution is 5.86. The van der Waals surface area contributed by atoms with Crippen molar-refractivity contribution in [1.29, 1.82) is 0 Å². The van der Waals surface area contributed by atoms with Gasteiger partial charge in [0.15, 0.2) is 5.69 Å². The van der Waals surface area contributed by atoms with Crippen LogP contribution in [0, 0.1) is 13.8 Å². The molecule has 2 aromatic heterocycles. The number of aromatic amines is 1. The highest BCUT2D eigenvalue weighted by Gasteiger charge is 2.14. The van der Waals surface area contributed by atoms with Crippen molar-refractivity contribution in [2.75, 3.05) is 0 Å². The van der Waals surface area contributed by atoms with Gasteiger partial charge in [0, 0.05) is 6.07 Å². The molecule has 0 atom stereocenters. The number of hydrogen-bond acceptors (Lipinski definition) is 4. The van der Waals surface area contributed by atoms with E-state index >= 15 is 0 Å². The number of rotatable bonds is 2. The number of nitrogens with one attached hydrogen (secondary N) is 1. The van der Waals surface area contributed by atoms with E-state index in [1.54, 1.807) is 6.92 Å². The predicted octanol–water partition coefficient (Wildman–Crippen LogP) is 1.38. The molecular formula is C9H9N3O3. The number of carbonyl (C=O) groups is 1. The number of aromatic carboxylic acids is 1. The van der Waals surface area contributed by atoms with Gasteiger partial charge in [0.1, 0.15) is 11.5 Å². The smallest absolute Gasteiger partial charge is 0.356 e. The molecule has 0 unspecified atom stereocenters. The quantitative estimate of drug-likeness (QED) is 0.776. The minimum atomic E-state index is -1.09. The van der Waals surface area contributed by atoms with Gasteiger partial charge in [-0.25, -0.2) is 9.78 Å². The summed E-state index contributed by atoms with van der Waals surface area (Å²) in [7, 11) is 0. The van der Waals surface area contributed by atoms with E-state index in [0.717, 1.165) is 5.69 Å². The number of carboxylic acids is 1. The van der Waals surface area contributed by atoms with E-state index in [2.05, 4.69) is 15.2 Å². The Morgan fingerprint density at radius 2 is 2.27 bits per heavy atom. The maximum Gasteiger partial charge on any atom is 0.356 e. The number of nitrogens with zero attached hydrogens (tertiary/aromatic N) is 2. The van der Waals surface area contributed by atoms with Crippen molar-refractivity contribution in [2.24, 2.45) is 0 Å². The molecule has 15 heavy (non-hydrogen) atoms. The summed E-state index contributed by atoms with van der Waals surface area (Å²) in [5.74, 6) is -0.0287. The minimum absolute atomic E-state index is 0.0569. The van der Waals surface area contributed by atoms with Crippen LogP contribution in [-0.2, 0) is 0 Å². The molecule has 2 aromatic rings. The summed E-state index contributed by atoms with van der Waals surface area (Å²) in [5, 5.41) is 14.8. The fraction of sp³-hybridized carbons (Fsp3) is 0.222. The van der Waals surface area contributed by atoms with Crippen LogP contribution < -0.4 is 0 Å². The van der Waals surface area contributed by atoms with Crippen molar-refractivity contribution >= 4 is 5.97 Å². The molecule has 0 saturated carbocycles. The first-order valence-corrected chi connectivity index (χ1v) is 4.31. The van der Waals surface area contributed by atoms with Gasteiger partial charge in [0.25, 0.3) is 0 Å². The lowest BCUT2D eigenvalue weighted by Gasteiger charge is -1.85. The number of hydrogen-bond donors (Lipinski definition) is 2. The molecule has 0 aliphatic heterocycles. The molecule has 0 aliphatic rings. The van der Waals surface area contributed by atoms with Crippen LogP contribution in [0.2, 0.25) is 0 Å². The van der Waals surface area contributed by atoms with Gasteiger partial charge < -0.3 is 9.52 Å². The third-order valence-electron chi connectivity index (χ3n) is 2.06. The average molecular weight is 207 g/mol. The highest BCUT2D eigenvalue weighted by atomic mass is 16.4. The Kier molecular flexibility index (Phi) is 2.03. The first-order valence-electron chi connectivity index (χ1n) is 4.31. The second-order valence-electron chi connectivity index (χ2n) is 3.13. The fourth-order valence-corrected chi connectivity index (χ4v) is 1.13. The molecule has 78 valence electrons. The van der Waals surface area contributed by atoms with E-state index in [4.69, 9.17) is 9.52 Å². The lowest BCUT2D eigenvalue weighted by atomic mass is 10.3. The summed E-state index contributed by atoms with van der Waals surface area (Å²) in [4.78, 5) is 14.7. The van der Waals surface area contributed by atoms with Gasteiger partial charge in [-0.1, -0.05) is 0 Å². The summed E-state index contributed by atoms with van der Waals surface area (Å²) in [5.41, 5.74) is 1.18. The standard InChI is InChI=1S/C9H9N3O3/c1-4-5(2)15-8(10-4)6-3-7(9(13)14)12-11-6/h3H,1-2H3,(H,11,12)(H,13,14). The normalized spacial score (nSPS) is 10.5. The zero-order chi connectivity index (χ0) is 11.0. The molecule has 0 saturated heterocycles. The van der Waals surface area contributed by atoms with Gasteiger partial charge in [-0.15, -0.1) is 0 Å². The lowest BCUT2D eigenvalue weighted by Crippen LogP contribution is -1.95. The molecule has 0 amide bonds. The van der Waals surface area contributed by atoms with Crippen molar-refractivity contribution < 1.29 is 14.3 Å². The largest absolute Gasteiger partial charge is 0.476 e. The van der Waals surface area contributed by atoms with Crippen LogP contribution in [0.3, 0.4) is 0 Å². The van der Waals surface area contributed by atoms with Gasteiger partial charge in [0.05, 0.1) is 5.69 Å². The maximum absolute atomic E-state index is 10.6. The van der Waals surface area contributed by atoms with Crippen molar-refractivity contribution in [1.82, 2.24) is 15.2 Å². The third-order valence-corrected chi connectivity index (χ3v) is 2.06. The first-order chi connectivity index (χ1) is 7.08. The van der Waals surface area contributed by atoms with Crippen molar-refractivity contribution in [2.45, 2.75) is 13.8 Å². The molecule has 2 heterocycles. The van der Waals surface area contributed by atoms with Gasteiger partial charge in [0.2, 0.25) is 5.89 Å². The molecule has 2 N–H and O–H groups in total. The van der Waals surface area contributed by atoms with Crippen LogP contribution >= 0.6 is 0 Å². The van der Waals surface area contributed by atoms with Crippen molar-refractivity contribution in [3.8, 4) is 11.6 Å². The fourth-order valence-electron chi connectivity index (χ4n) is 1.13. The summed E-state index contributed by atoms with van der Waals surface area (Å²) < 4.78 is 5.32. The molecule has 0 aromatic carbocycles. The van der Waals surface area contributed by atoms with E-state index < -0.39 is 5.97 Å². The lowest BCUT2D eigenvalue weighted by molar-refractivity contribution is 0.0690. The van der Waals surface area contributed by atoms with Crippen LogP contribution in [0.1, 0.15) is 21.9 Å².